The van der Waals surface area contributed by atoms with Crippen molar-refractivity contribution in [3.05, 3.63) is 24.5 Å². The summed E-state index contributed by atoms with van der Waals surface area (Å²) in [4.78, 5) is 8.08. The monoisotopic (exact) mass is 222 g/mol. The van der Waals surface area contributed by atoms with Crippen LogP contribution in [0.2, 0.25) is 0 Å². The van der Waals surface area contributed by atoms with Gasteiger partial charge in [-0.05, 0) is 6.07 Å². The second-order valence-corrected chi connectivity index (χ2v) is 3.73. The Labute approximate surface area is 90.7 Å². The molecule has 0 bridgehead atoms. The quantitative estimate of drug-likeness (QED) is 0.582. The lowest BCUT2D eigenvalue weighted by Crippen LogP contribution is -2.01. The van der Waals surface area contributed by atoms with Crippen LogP contribution in [0.4, 0.5) is 11.6 Å². The lowest BCUT2D eigenvalue weighted by atomic mass is 10.5. The number of hydrogen-bond donors (Lipinski definition) is 2. The zero-order chi connectivity index (χ0) is 10.7. The minimum atomic E-state index is 0.380. The lowest BCUT2D eigenvalue weighted by molar-refractivity contribution is 0.747. The number of anilines is 2. The Hall–Kier alpha value is -1.76. The highest BCUT2D eigenvalue weighted by atomic mass is 32.2. The third-order valence-electron chi connectivity index (χ3n) is 1.63. The Morgan fingerprint density at radius 2 is 2.00 bits per heavy atom. The molecule has 0 unspecified atom stereocenters. The molecule has 2 aromatic heterocycles. The smallest absolute Gasteiger partial charge is 0.193 e. The SMILES string of the molecule is Nc1cc(N)nc(SCn2cccn2)n1. The minimum absolute atomic E-state index is 0.380. The maximum atomic E-state index is 5.54. The number of nitrogen functional groups attached to an aromatic ring is 2. The highest BCUT2D eigenvalue weighted by Crippen LogP contribution is 2.17. The van der Waals surface area contributed by atoms with E-state index in [1.807, 2.05) is 12.3 Å². The van der Waals surface area contributed by atoms with Crippen molar-refractivity contribution >= 4 is 23.4 Å². The first-order valence-electron chi connectivity index (χ1n) is 4.24. The molecule has 2 rings (SSSR count). The summed E-state index contributed by atoms with van der Waals surface area (Å²) in [6, 6.07) is 3.38. The zero-order valence-electron chi connectivity index (χ0n) is 7.87. The third kappa shape index (κ3) is 2.59. The van der Waals surface area contributed by atoms with Crippen molar-refractivity contribution in [2.24, 2.45) is 0 Å². The molecule has 0 radical (unpaired) electrons. The molecular weight excluding hydrogens is 212 g/mol. The van der Waals surface area contributed by atoms with Gasteiger partial charge in [-0.2, -0.15) is 5.10 Å². The van der Waals surface area contributed by atoms with Crippen LogP contribution >= 0.6 is 11.8 Å². The Kier molecular flexibility index (Phi) is 2.72. The fourth-order valence-corrected chi connectivity index (χ4v) is 1.77. The predicted molar refractivity (Wildman–Crippen MR) is 58.9 cm³/mol. The van der Waals surface area contributed by atoms with Gasteiger partial charge < -0.3 is 11.5 Å². The summed E-state index contributed by atoms with van der Waals surface area (Å²) >= 11 is 1.42. The van der Waals surface area contributed by atoms with Gasteiger partial charge in [0.25, 0.3) is 0 Å². The number of nitrogens with zero attached hydrogens (tertiary/aromatic N) is 4. The van der Waals surface area contributed by atoms with E-state index in [1.165, 1.54) is 17.8 Å². The van der Waals surface area contributed by atoms with Crippen LogP contribution in [0.3, 0.4) is 0 Å². The van der Waals surface area contributed by atoms with Crippen LogP contribution in [0.15, 0.2) is 29.7 Å². The van der Waals surface area contributed by atoms with Crippen LogP contribution < -0.4 is 11.5 Å². The molecule has 0 saturated carbocycles. The van der Waals surface area contributed by atoms with E-state index in [1.54, 1.807) is 10.9 Å². The average Bonchev–Trinajstić information content (AvgIpc) is 2.65. The molecule has 2 heterocycles. The molecule has 0 aliphatic carbocycles. The molecule has 78 valence electrons. The molecule has 2 aromatic rings. The van der Waals surface area contributed by atoms with Gasteiger partial charge in [-0.3, -0.25) is 4.68 Å². The first-order valence-corrected chi connectivity index (χ1v) is 5.23. The van der Waals surface area contributed by atoms with Gasteiger partial charge in [-0.15, -0.1) is 0 Å². The minimum Gasteiger partial charge on any atom is -0.383 e. The lowest BCUT2D eigenvalue weighted by Gasteiger charge is -2.02. The molecule has 0 fully saturated rings. The van der Waals surface area contributed by atoms with E-state index in [2.05, 4.69) is 15.1 Å². The molecular formula is C8H10N6S. The zero-order valence-corrected chi connectivity index (χ0v) is 8.68. The van der Waals surface area contributed by atoms with Crippen molar-refractivity contribution < 1.29 is 0 Å². The summed E-state index contributed by atoms with van der Waals surface area (Å²) in [6.07, 6.45) is 3.58. The van der Waals surface area contributed by atoms with Crippen LogP contribution in [-0.4, -0.2) is 19.7 Å². The van der Waals surface area contributed by atoms with Gasteiger partial charge in [0.2, 0.25) is 0 Å². The van der Waals surface area contributed by atoms with E-state index >= 15 is 0 Å². The number of thioether (sulfide) groups is 1. The van der Waals surface area contributed by atoms with Gasteiger partial charge in [-0.1, -0.05) is 11.8 Å². The van der Waals surface area contributed by atoms with E-state index in [0.717, 1.165) is 0 Å². The third-order valence-corrected chi connectivity index (χ3v) is 2.46. The van der Waals surface area contributed by atoms with Gasteiger partial charge in [0, 0.05) is 18.5 Å². The Balaban J connectivity index is 2.05. The maximum absolute atomic E-state index is 5.54. The molecule has 0 amide bonds. The van der Waals surface area contributed by atoms with Gasteiger partial charge in [0.05, 0.1) is 5.88 Å². The Bertz CT molecular complexity index is 420. The highest BCUT2D eigenvalue weighted by molar-refractivity contribution is 7.98. The highest BCUT2D eigenvalue weighted by Gasteiger charge is 2.01. The van der Waals surface area contributed by atoms with Crippen molar-refractivity contribution in [3.8, 4) is 0 Å². The first kappa shape index (κ1) is 9.78. The fourth-order valence-electron chi connectivity index (χ4n) is 1.03. The first-order chi connectivity index (χ1) is 7.24. The molecule has 0 aliphatic heterocycles. The largest absolute Gasteiger partial charge is 0.383 e. The van der Waals surface area contributed by atoms with E-state index in [0.29, 0.717) is 22.7 Å². The normalized spacial score (nSPS) is 10.4. The molecule has 0 atom stereocenters. The molecule has 0 aromatic carbocycles. The Morgan fingerprint density at radius 3 is 2.60 bits per heavy atom. The van der Waals surface area contributed by atoms with E-state index in [4.69, 9.17) is 11.5 Å². The molecule has 0 saturated heterocycles. The molecule has 0 aliphatic rings. The van der Waals surface area contributed by atoms with Crippen LogP contribution in [0, 0.1) is 0 Å². The van der Waals surface area contributed by atoms with Crippen LogP contribution in [0.25, 0.3) is 0 Å². The number of rotatable bonds is 3. The standard InChI is InChI=1S/C8H10N6S/c9-6-4-7(10)13-8(12-6)15-5-14-3-1-2-11-14/h1-4H,5H2,(H4,9,10,12,13). The average molecular weight is 222 g/mol. The van der Waals surface area contributed by atoms with Crippen molar-refractivity contribution in [1.29, 1.82) is 0 Å². The van der Waals surface area contributed by atoms with Crippen LogP contribution in [-0.2, 0) is 5.88 Å². The van der Waals surface area contributed by atoms with E-state index in [-0.39, 0.29) is 0 Å². The van der Waals surface area contributed by atoms with Gasteiger partial charge in [0.15, 0.2) is 5.16 Å². The fraction of sp³-hybridized carbons (Fsp3) is 0.125. The van der Waals surface area contributed by atoms with E-state index < -0.39 is 0 Å². The summed E-state index contributed by atoms with van der Waals surface area (Å²) in [6.45, 7) is 0. The van der Waals surface area contributed by atoms with Gasteiger partial charge in [0.1, 0.15) is 11.6 Å². The molecule has 15 heavy (non-hydrogen) atoms. The second-order valence-electron chi connectivity index (χ2n) is 2.82. The molecule has 4 N–H and O–H groups in total. The van der Waals surface area contributed by atoms with Crippen molar-refractivity contribution in [3.63, 3.8) is 0 Å². The molecule has 0 spiro atoms. The maximum Gasteiger partial charge on any atom is 0.193 e. The summed E-state index contributed by atoms with van der Waals surface area (Å²) in [5.41, 5.74) is 11.1. The Morgan fingerprint density at radius 1 is 1.27 bits per heavy atom. The van der Waals surface area contributed by atoms with Crippen LogP contribution in [0.1, 0.15) is 0 Å². The number of nitrogens with two attached hydrogens (primary N) is 2. The summed E-state index contributed by atoms with van der Waals surface area (Å²) in [5, 5.41) is 4.61. The second kappa shape index (κ2) is 4.18. The summed E-state index contributed by atoms with van der Waals surface area (Å²) in [5.74, 6) is 1.39. The number of aromatic nitrogens is 4. The summed E-state index contributed by atoms with van der Waals surface area (Å²) < 4.78 is 1.77. The van der Waals surface area contributed by atoms with Gasteiger partial charge in [-0.25, -0.2) is 9.97 Å². The van der Waals surface area contributed by atoms with Crippen LogP contribution in [0.5, 0.6) is 0 Å². The van der Waals surface area contributed by atoms with Crippen molar-refractivity contribution in [2.45, 2.75) is 11.0 Å². The topological polar surface area (TPSA) is 95.6 Å². The van der Waals surface area contributed by atoms with Crippen molar-refractivity contribution in [1.82, 2.24) is 19.7 Å². The molecule has 7 heteroatoms. The molecule has 6 nitrogen and oxygen atoms in total. The predicted octanol–water partition coefficient (Wildman–Crippen LogP) is 0.587. The van der Waals surface area contributed by atoms with Crippen molar-refractivity contribution in [2.75, 3.05) is 11.5 Å². The van der Waals surface area contributed by atoms with Gasteiger partial charge >= 0.3 is 0 Å². The number of hydrogen-bond acceptors (Lipinski definition) is 6. The van der Waals surface area contributed by atoms with E-state index in [9.17, 15) is 0 Å². The summed E-state index contributed by atoms with van der Waals surface area (Å²) in [7, 11) is 0.